The molecule has 0 aliphatic carbocycles. The van der Waals surface area contributed by atoms with Crippen molar-refractivity contribution in [1.82, 2.24) is 0 Å². The highest BCUT2D eigenvalue weighted by atomic mass is 14.7. The van der Waals surface area contributed by atoms with Crippen LogP contribution in [0.5, 0.6) is 0 Å². The lowest BCUT2D eigenvalue weighted by Gasteiger charge is -1.78. The molecule has 0 heterocycles. The van der Waals surface area contributed by atoms with Gasteiger partial charge in [0.2, 0.25) is 0 Å². The van der Waals surface area contributed by atoms with Gasteiger partial charge in [-0.1, -0.05) is 12.7 Å². The van der Waals surface area contributed by atoms with Gasteiger partial charge in [-0.2, -0.15) is 5.26 Å². The van der Waals surface area contributed by atoms with E-state index in [-0.39, 0.29) is 0 Å². The molecule has 0 unspecified atom stereocenters. The van der Waals surface area contributed by atoms with E-state index >= 15 is 0 Å². The van der Waals surface area contributed by atoms with Crippen molar-refractivity contribution in [2.45, 2.75) is 6.92 Å². The molecular weight excluding hydrogens is 112 g/mol. The Labute approximate surface area is 54.8 Å². The van der Waals surface area contributed by atoms with Crippen LogP contribution < -0.4 is 0 Å². The number of rotatable bonds is 2. The second-order valence-corrected chi connectivity index (χ2v) is 1.31. The third-order valence-corrected chi connectivity index (χ3v) is 0.712. The summed E-state index contributed by atoms with van der Waals surface area (Å²) in [6, 6.07) is 1.92. The quantitative estimate of drug-likeness (QED) is 0.310. The molecule has 0 rings (SSSR count). The average Bonchev–Trinajstić information content (AvgIpc) is 1.91. The predicted octanol–water partition coefficient (Wildman–Crippen LogP) is 1.67. The van der Waals surface area contributed by atoms with Crippen LogP contribution in [0.3, 0.4) is 0 Å². The molecule has 2 heteroatoms. The zero-order valence-electron chi connectivity index (χ0n) is 5.33. The van der Waals surface area contributed by atoms with Gasteiger partial charge in [-0.15, -0.1) is 0 Å². The molecule has 0 atom stereocenters. The molecule has 0 aliphatic heterocycles. The molecule has 0 aromatic carbocycles. The van der Waals surface area contributed by atoms with E-state index in [4.69, 9.17) is 5.26 Å². The van der Waals surface area contributed by atoms with Crippen LogP contribution >= 0.6 is 0 Å². The standard InChI is InChI=1S/C7H8N2/c1-3-7(5-8)6-9-4-2/h3-4,6H,1H2,2H3/b7-6+,9-4?. The molecule has 0 aromatic rings. The number of hydrogen-bond donors (Lipinski definition) is 0. The van der Waals surface area contributed by atoms with E-state index in [1.54, 1.807) is 13.1 Å². The summed E-state index contributed by atoms with van der Waals surface area (Å²) < 4.78 is 0. The molecule has 2 nitrogen and oxygen atoms in total. The maximum Gasteiger partial charge on any atom is 0.101 e. The van der Waals surface area contributed by atoms with E-state index < -0.39 is 0 Å². The van der Waals surface area contributed by atoms with Crippen molar-refractivity contribution >= 4 is 6.21 Å². The molecule has 0 aromatic heterocycles. The Kier molecular flexibility index (Phi) is 4.07. The fourth-order valence-electron chi connectivity index (χ4n) is 0.282. The minimum Gasteiger partial charge on any atom is -0.268 e. The Morgan fingerprint density at radius 2 is 2.44 bits per heavy atom. The van der Waals surface area contributed by atoms with Crippen molar-refractivity contribution in [3.8, 4) is 6.07 Å². The fourth-order valence-corrected chi connectivity index (χ4v) is 0.282. The number of hydrogen-bond acceptors (Lipinski definition) is 2. The van der Waals surface area contributed by atoms with Gasteiger partial charge < -0.3 is 0 Å². The monoisotopic (exact) mass is 120 g/mol. The summed E-state index contributed by atoms with van der Waals surface area (Å²) in [5, 5.41) is 8.29. The molecule has 0 amide bonds. The Bertz CT molecular complexity index is 182. The van der Waals surface area contributed by atoms with Crippen LogP contribution in [0, 0.1) is 11.3 Å². The van der Waals surface area contributed by atoms with Crippen LogP contribution in [0.1, 0.15) is 6.92 Å². The first kappa shape index (κ1) is 7.64. The third kappa shape index (κ3) is 3.24. The third-order valence-electron chi connectivity index (χ3n) is 0.712. The lowest BCUT2D eigenvalue weighted by atomic mass is 10.3. The summed E-state index contributed by atoms with van der Waals surface area (Å²) in [7, 11) is 0. The SMILES string of the molecule is C=C/C(C#N)=C\N=CC. The minimum absolute atomic E-state index is 0.480. The van der Waals surface area contributed by atoms with Crippen LogP contribution in [0.2, 0.25) is 0 Å². The first-order valence-electron chi connectivity index (χ1n) is 2.55. The summed E-state index contributed by atoms with van der Waals surface area (Å²) in [6.45, 7) is 5.21. The van der Waals surface area contributed by atoms with E-state index in [9.17, 15) is 0 Å². The van der Waals surface area contributed by atoms with Gasteiger partial charge >= 0.3 is 0 Å². The van der Waals surface area contributed by atoms with Crippen LogP contribution in [0.4, 0.5) is 0 Å². The number of aliphatic imine (C=N–C) groups is 1. The molecule has 0 bridgehead atoms. The van der Waals surface area contributed by atoms with Crippen molar-refractivity contribution in [3.63, 3.8) is 0 Å². The highest BCUT2D eigenvalue weighted by Gasteiger charge is 1.80. The summed E-state index contributed by atoms with van der Waals surface area (Å²) in [4.78, 5) is 3.73. The predicted molar refractivity (Wildman–Crippen MR) is 38.1 cm³/mol. The molecule has 9 heavy (non-hydrogen) atoms. The molecule has 0 N–H and O–H groups in total. The minimum atomic E-state index is 0.480. The zero-order chi connectivity index (χ0) is 7.11. The summed E-state index contributed by atoms with van der Waals surface area (Å²) in [5.74, 6) is 0. The van der Waals surface area contributed by atoms with Crippen molar-refractivity contribution in [2.24, 2.45) is 4.99 Å². The molecule has 0 radical (unpaired) electrons. The van der Waals surface area contributed by atoms with Gasteiger partial charge in [0, 0.05) is 12.4 Å². The van der Waals surface area contributed by atoms with Gasteiger partial charge in [0.1, 0.15) is 6.07 Å². The van der Waals surface area contributed by atoms with E-state index in [0.29, 0.717) is 5.57 Å². The van der Waals surface area contributed by atoms with E-state index in [1.807, 2.05) is 6.07 Å². The number of nitrogens with zero attached hydrogens (tertiary/aromatic N) is 2. The molecule has 0 fully saturated rings. The molecule has 0 aliphatic rings. The molecule has 0 saturated heterocycles. The first-order valence-corrected chi connectivity index (χ1v) is 2.55. The fraction of sp³-hybridized carbons (Fsp3) is 0.143. The second kappa shape index (κ2) is 4.79. The highest BCUT2D eigenvalue weighted by Crippen LogP contribution is 1.91. The van der Waals surface area contributed by atoms with E-state index in [0.717, 1.165) is 0 Å². The second-order valence-electron chi connectivity index (χ2n) is 1.31. The summed E-state index contributed by atoms with van der Waals surface area (Å²) >= 11 is 0. The summed E-state index contributed by atoms with van der Waals surface area (Å²) in [6.07, 6.45) is 4.54. The van der Waals surface area contributed by atoms with Gasteiger partial charge in [-0.25, -0.2) is 0 Å². The van der Waals surface area contributed by atoms with Crippen molar-refractivity contribution in [3.05, 3.63) is 24.4 Å². The van der Waals surface area contributed by atoms with Crippen LogP contribution in [0.15, 0.2) is 29.4 Å². The molecule has 0 saturated carbocycles. The maximum absolute atomic E-state index is 8.29. The van der Waals surface area contributed by atoms with E-state index in [2.05, 4.69) is 11.6 Å². The largest absolute Gasteiger partial charge is 0.268 e. The molecule has 46 valence electrons. The Balaban J connectivity index is 4.12. The van der Waals surface area contributed by atoms with Gasteiger partial charge in [0.25, 0.3) is 0 Å². The van der Waals surface area contributed by atoms with Crippen LogP contribution in [-0.2, 0) is 0 Å². The topological polar surface area (TPSA) is 36.1 Å². The number of allylic oxidation sites excluding steroid dienone is 2. The lowest BCUT2D eigenvalue weighted by molar-refractivity contribution is 1.46. The average molecular weight is 120 g/mol. The molecule has 0 spiro atoms. The zero-order valence-corrected chi connectivity index (χ0v) is 5.33. The lowest BCUT2D eigenvalue weighted by Crippen LogP contribution is -1.66. The van der Waals surface area contributed by atoms with E-state index in [1.165, 1.54) is 12.3 Å². The smallest absolute Gasteiger partial charge is 0.101 e. The first-order chi connectivity index (χ1) is 4.35. The Morgan fingerprint density at radius 3 is 2.78 bits per heavy atom. The molecular formula is C7H8N2. The van der Waals surface area contributed by atoms with Gasteiger partial charge in [-0.3, -0.25) is 4.99 Å². The highest BCUT2D eigenvalue weighted by molar-refractivity contribution is 5.54. The van der Waals surface area contributed by atoms with Crippen molar-refractivity contribution in [2.75, 3.05) is 0 Å². The van der Waals surface area contributed by atoms with Crippen molar-refractivity contribution in [1.29, 1.82) is 5.26 Å². The van der Waals surface area contributed by atoms with Crippen LogP contribution in [-0.4, -0.2) is 6.21 Å². The van der Waals surface area contributed by atoms with Gasteiger partial charge in [0.15, 0.2) is 0 Å². The Hall–Kier alpha value is -1.36. The normalized spacial score (nSPS) is 11.3. The van der Waals surface area contributed by atoms with Crippen molar-refractivity contribution < 1.29 is 0 Å². The summed E-state index contributed by atoms with van der Waals surface area (Å²) in [5.41, 5.74) is 0.480. The van der Waals surface area contributed by atoms with Crippen LogP contribution in [0.25, 0.3) is 0 Å². The maximum atomic E-state index is 8.29. The van der Waals surface area contributed by atoms with Gasteiger partial charge in [-0.05, 0) is 6.92 Å². The number of nitriles is 1. The Morgan fingerprint density at radius 1 is 1.78 bits per heavy atom. The van der Waals surface area contributed by atoms with Gasteiger partial charge in [0.05, 0.1) is 5.57 Å².